The number of ether oxygens (including phenoxy) is 1. The maximum absolute atomic E-state index is 11.1. The summed E-state index contributed by atoms with van der Waals surface area (Å²) in [6.07, 6.45) is 10.5. The van der Waals surface area contributed by atoms with Gasteiger partial charge in [0.15, 0.2) is 0 Å². The van der Waals surface area contributed by atoms with Crippen LogP contribution in [0.5, 0.6) is 0 Å². The standard InChI is InChI=1S/C13H25ClO2/c1-2-3-4-5-6-7-8-9-10-13(15)16-12-11-14/h2-12H2,1H3. The molecule has 2 nitrogen and oxygen atoms in total. The van der Waals surface area contributed by atoms with E-state index in [4.69, 9.17) is 16.3 Å². The number of esters is 1. The predicted octanol–water partition coefficient (Wildman–Crippen LogP) is 4.30. The van der Waals surface area contributed by atoms with Gasteiger partial charge in [-0.3, -0.25) is 4.79 Å². The van der Waals surface area contributed by atoms with Crippen molar-refractivity contribution in [3.63, 3.8) is 0 Å². The van der Waals surface area contributed by atoms with Crippen LogP contribution in [-0.2, 0) is 9.53 Å². The number of rotatable bonds is 11. The highest BCUT2D eigenvalue weighted by Gasteiger charge is 2.01. The SMILES string of the molecule is CCCCCCCCCCC(=O)OCCCl. The van der Waals surface area contributed by atoms with Gasteiger partial charge in [0.25, 0.3) is 0 Å². The first-order valence-corrected chi connectivity index (χ1v) is 7.06. The maximum atomic E-state index is 11.1. The zero-order valence-electron chi connectivity index (χ0n) is 10.5. The van der Waals surface area contributed by atoms with Crippen LogP contribution in [-0.4, -0.2) is 18.5 Å². The highest BCUT2D eigenvalue weighted by atomic mass is 35.5. The zero-order chi connectivity index (χ0) is 12.1. The predicted molar refractivity (Wildman–Crippen MR) is 68.9 cm³/mol. The second-order valence-electron chi connectivity index (χ2n) is 4.13. The first-order valence-electron chi connectivity index (χ1n) is 6.52. The van der Waals surface area contributed by atoms with E-state index in [2.05, 4.69) is 6.92 Å². The molecule has 0 aromatic rings. The van der Waals surface area contributed by atoms with Crippen molar-refractivity contribution in [3.05, 3.63) is 0 Å². The molecule has 0 aromatic heterocycles. The summed E-state index contributed by atoms with van der Waals surface area (Å²) >= 11 is 5.41. The van der Waals surface area contributed by atoms with Crippen LogP contribution in [0.4, 0.5) is 0 Å². The van der Waals surface area contributed by atoms with Crippen molar-refractivity contribution in [3.8, 4) is 0 Å². The summed E-state index contributed by atoms with van der Waals surface area (Å²) in [6, 6.07) is 0. The van der Waals surface area contributed by atoms with Crippen LogP contribution >= 0.6 is 11.6 Å². The Balaban J connectivity index is 3.05. The van der Waals surface area contributed by atoms with E-state index in [0.717, 1.165) is 12.8 Å². The molecule has 0 aliphatic carbocycles. The minimum absolute atomic E-state index is 0.105. The summed E-state index contributed by atoms with van der Waals surface area (Å²) in [4.78, 5) is 11.1. The van der Waals surface area contributed by atoms with Crippen LogP contribution in [0.3, 0.4) is 0 Å². The topological polar surface area (TPSA) is 26.3 Å². The zero-order valence-corrected chi connectivity index (χ0v) is 11.2. The first kappa shape index (κ1) is 15.8. The van der Waals surface area contributed by atoms with Gasteiger partial charge in [0.2, 0.25) is 0 Å². The lowest BCUT2D eigenvalue weighted by molar-refractivity contribution is -0.143. The average Bonchev–Trinajstić information content (AvgIpc) is 2.30. The summed E-state index contributed by atoms with van der Waals surface area (Å²) in [7, 11) is 0. The fourth-order valence-corrected chi connectivity index (χ4v) is 1.70. The van der Waals surface area contributed by atoms with Gasteiger partial charge in [-0.1, -0.05) is 51.9 Å². The molecular formula is C13H25ClO2. The molecule has 0 unspecified atom stereocenters. The minimum Gasteiger partial charge on any atom is -0.464 e. The van der Waals surface area contributed by atoms with Gasteiger partial charge >= 0.3 is 5.97 Å². The molecule has 96 valence electrons. The average molecular weight is 249 g/mol. The molecule has 3 heteroatoms. The summed E-state index contributed by atoms with van der Waals surface area (Å²) in [5.74, 6) is 0.287. The molecular weight excluding hydrogens is 224 g/mol. The Kier molecular flexibility index (Phi) is 12.6. The Labute approximate surface area is 105 Å². The number of hydrogen-bond acceptors (Lipinski definition) is 2. The Morgan fingerprint density at radius 3 is 2.12 bits per heavy atom. The van der Waals surface area contributed by atoms with E-state index >= 15 is 0 Å². The monoisotopic (exact) mass is 248 g/mol. The van der Waals surface area contributed by atoms with Crippen molar-refractivity contribution in [1.29, 1.82) is 0 Å². The number of halogens is 1. The number of alkyl halides is 1. The molecule has 16 heavy (non-hydrogen) atoms. The maximum Gasteiger partial charge on any atom is 0.305 e. The van der Waals surface area contributed by atoms with Gasteiger partial charge in [0.1, 0.15) is 6.61 Å². The van der Waals surface area contributed by atoms with Crippen LogP contribution in [0.15, 0.2) is 0 Å². The number of carbonyl (C=O) groups is 1. The highest BCUT2D eigenvalue weighted by Crippen LogP contribution is 2.09. The fraction of sp³-hybridized carbons (Fsp3) is 0.923. The van der Waals surface area contributed by atoms with Crippen LogP contribution in [0.25, 0.3) is 0 Å². The van der Waals surface area contributed by atoms with Gasteiger partial charge in [0.05, 0.1) is 5.88 Å². The lowest BCUT2D eigenvalue weighted by Gasteiger charge is -2.02. The molecule has 0 radical (unpaired) electrons. The molecule has 0 spiro atoms. The van der Waals surface area contributed by atoms with Crippen LogP contribution in [0.1, 0.15) is 64.7 Å². The summed E-state index contributed by atoms with van der Waals surface area (Å²) < 4.78 is 4.88. The number of carbonyl (C=O) groups excluding carboxylic acids is 1. The second-order valence-corrected chi connectivity index (χ2v) is 4.51. The number of unbranched alkanes of at least 4 members (excludes halogenated alkanes) is 7. The van der Waals surface area contributed by atoms with Crippen molar-refractivity contribution < 1.29 is 9.53 Å². The van der Waals surface area contributed by atoms with Crippen LogP contribution in [0, 0.1) is 0 Å². The van der Waals surface area contributed by atoms with Gasteiger partial charge in [-0.2, -0.15) is 0 Å². The Morgan fingerprint density at radius 2 is 1.56 bits per heavy atom. The molecule has 0 N–H and O–H groups in total. The summed E-state index contributed by atoms with van der Waals surface area (Å²) in [5.41, 5.74) is 0. The molecule has 0 heterocycles. The molecule has 0 bridgehead atoms. The van der Waals surface area contributed by atoms with E-state index in [1.54, 1.807) is 0 Å². The molecule has 0 aromatic carbocycles. The van der Waals surface area contributed by atoms with E-state index < -0.39 is 0 Å². The fourth-order valence-electron chi connectivity index (χ4n) is 1.63. The van der Waals surface area contributed by atoms with E-state index in [1.165, 1.54) is 38.5 Å². The van der Waals surface area contributed by atoms with Gasteiger partial charge < -0.3 is 4.74 Å². The molecule has 0 saturated carbocycles. The Hall–Kier alpha value is -0.240. The lowest BCUT2D eigenvalue weighted by Crippen LogP contribution is -2.06. The van der Waals surface area contributed by atoms with Crippen LogP contribution in [0.2, 0.25) is 0 Å². The summed E-state index contributed by atoms with van der Waals surface area (Å²) in [5, 5.41) is 0. The smallest absolute Gasteiger partial charge is 0.305 e. The van der Waals surface area contributed by atoms with Gasteiger partial charge in [-0.25, -0.2) is 0 Å². The Morgan fingerprint density at radius 1 is 1.00 bits per heavy atom. The molecule has 0 rings (SSSR count). The molecule has 0 aliphatic heterocycles. The van der Waals surface area contributed by atoms with Crippen molar-refractivity contribution in [2.75, 3.05) is 12.5 Å². The minimum atomic E-state index is -0.105. The third kappa shape index (κ3) is 11.8. The molecule has 0 atom stereocenters. The third-order valence-electron chi connectivity index (χ3n) is 2.57. The first-order chi connectivity index (χ1) is 7.81. The largest absolute Gasteiger partial charge is 0.464 e. The van der Waals surface area contributed by atoms with Crippen molar-refractivity contribution in [1.82, 2.24) is 0 Å². The second kappa shape index (κ2) is 12.8. The van der Waals surface area contributed by atoms with E-state index in [9.17, 15) is 4.79 Å². The van der Waals surface area contributed by atoms with E-state index in [-0.39, 0.29) is 5.97 Å². The number of hydrogen-bond donors (Lipinski definition) is 0. The van der Waals surface area contributed by atoms with Crippen molar-refractivity contribution in [2.45, 2.75) is 64.7 Å². The molecule has 0 saturated heterocycles. The van der Waals surface area contributed by atoms with Crippen LogP contribution < -0.4 is 0 Å². The third-order valence-corrected chi connectivity index (χ3v) is 2.73. The summed E-state index contributed by atoms with van der Waals surface area (Å²) in [6.45, 7) is 2.57. The Bertz CT molecular complexity index is 160. The van der Waals surface area contributed by atoms with Crippen molar-refractivity contribution >= 4 is 17.6 Å². The molecule has 0 amide bonds. The van der Waals surface area contributed by atoms with E-state index in [1.807, 2.05) is 0 Å². The van der Waals surface area contributed by atoms with Crippen molar-refractivity contribution in [2.24, 2.45) is 0 Å². The normalized spacial score (nSPS) is 10.4. The molecule has 0 aliphatic rings. The lowest BCUT2D eigenvalue weighted by atomic mass is 10.1. The molecule has 0 fully saturated rings. The van der Waals surface area contributed by atoms with E-state index in [0.29, 0.717) is 18.9 Å². The van der Waals surface area contributed by atoms with Gasteiger partial charge in [0, 0.05) is 6.42 Å². The van der Waals surface area contributed by atoms with Gasteiger partial charge in [-0.15, -0.1) is 11.6 Å². The van der Waals surface area contributed by atoms with Gasteiger partial charge in [-0.05, 0) is 6.42 Å². The quantitative estimate of drug-likeness (QED) is 0.310. The highest BCUT2D eigenvalue weighted by molar-refractivity contribution is 6.18.